The van der Waals surface area contributed by atoms with Crippen molar-refractivity contribution in [1.29, 1.82) is 0 Å². The number of hydrogen-bond acceptors (Lipinski definition) is 3. The molecule has 0 saturated heterocycles. The summed E-state index contributed by atoms with van der Waals surface area (Å²) in [5, 5.41) is 9.47. The first kappa shape index (κ1) is 20.8. The molecule has 0 aliphatic heterocycles. The molecule has 0 aromatic heterocycles. The van der Waals surface area contributed by atoms with E-state index >= 15 is 0 Å². The van der Waals surface area contributed by atoms with Crippen molar-refractivity contribution in [2.75, 3.05) is 22.9 Å². The zero-order valence-corrected chi connectivity index (χ0v) is 17.2. The van der Waals surface area contributed by atoms with Crippen molar-refractivity contribution in [2.45, 2.75) is 4.90 Å². The van der Waals surface area contributed by atoms with Crippen LogP contribution in [0.15, 0.2) is 83.8 Å². The maximum atomic E-state index is 13.7. The predicted octanol–water partition coefficient (Wildman–Crippen LogP) is 5.16. The summed E-state index contributed by atoms with van der Waals surface area (Å²) < 4.78 is 13.7. The molecule has 0 aliphatic rings. The molecule has 0 unspecified atom stereocenters. The Morgan fingerprint density at radius 2 is 1.48 bits per heavy atom. The van der Waals surface area contributed by atoms with Crippen LogP contribution in [0.25, 0.3) is 0 Å². The molecule has 3 rings (SSSR count). The number of nitrogens with one attached hydrogen (secondary N) is 3. The minimum absolute atomic E-state index is 0.00783. The lowest BCUT2D eigenvalue weighted by Gasteiger charge is -2.11. The third-order valence-electron chi connectivity index (χ3n) is 3.92. The second-order valence-corrected chi connectivity index (χ2v) is 7.63. The second-order valence-electron chi connectivity index (χ2n) is 6.05. The van der Waals surface area contributed by atoms with Gasteiger partial charge in [-0.3, -0.25) is 4.79 Å². The molecule has 29 heavy (non-hydrogen) atoms. The number of carbonyl (C=O) groups excluding carboxylic acids is 1. The molecule has 3 aromatic carbocycles. The highest BCUT2D eigenvalue weighted by molar-refractivity contribution is 7.99. The Balaban J connectivity index is 1.43. The zero-order valence-electron chi connectivity index (χ0n) is 15.5. The normalized spacial score (nSPS) is 10.2. The van der Waals surface area contributed by atoms with Crippen molar-refractivity contribution in [3.63, 3.8) is 0 Å². The Bertz CT molecular complexity index is 965. The van der Waals surface area contributed by atoms with Gasteiger partial charge in [-0.25, -0.2) is 4.39 Å². The van der Waals surface area contributed by atoms with Gasteiger partial charge >= 0.3 is 0 Å². The van der Waals surface area contributed by atoms with Crippen molar-refractivity contribution in [1.82, 2.24) is 5.32 Å². The largest absolute Gasteiger partial charge is 0.362 e. The van der Waals surface area contributed by atoms with Crippen LogP contribution < -0.4 is 16.0 Å². The number of hydrogen-bond donors (Lipinski definition) is 3. The summed E-state index contributed by atoms with van der Waals surface area (Å²) in [6.07, 6.45) is 0. The lowest BCUT2D eigenvalue weighted by Crippen LogP contribution is -2.30. The highest BCUT2D eigenvalue weighted by Crippen LogP contribution is 2.17. The molecule has 0 fully saturated rings. The first-order valence-corrected chi connectivity index (χ1v) is 10.4. The second kappa shape index (κ2) is 10.6. The third kappa shape index (κ3) is 6.58. The fourth-order valence-corrected chi connectivity index (χ4v) is 3.52. The molecule has 0 saturated carbocycles. The summed E-state index contributed by atoms with van der Waals surface area (Å²) in [5.74, 6) is -0.144. The number of benzene rings is 3. The van der Waals surface area contributed by atoms with Crippen LogP contribution in [0.2, 0.25) is 0 Å². The van der Waals surface area contributed by atoms with Gasteiger partial charge in [0.05, 0.1) is 5.56 Å². The summed E-state index contributed by atoms with van der Waals surface area (Å²) in [7, 11) is 0. The van der Waals surface area contributed by atoms with E-state index in [0.717, 1.165) is 18.0 Å². The van der Waals surface area contributed by atoms with Gasteiger partial charge < -0.3 is 16.0 Å². The van der Waals surface area contributed by atoms with Crippen LogP contribution in [-0.4, -0.2) is 23.3 Å². The molecule has 3 aromatic rings. The van der Waals surface area contributed by atoms with Crippen LogP contribution in [0.3, 0.4) is 0 Å². The lowest BCUT2D eigenvalue weighted by atomic mass is 10.2. The van der Waals surface area contributed by atoms with Crippen molar-refractivity contribution in [3.05, 3.63) is 90.2 Å². The van der Waals surface area contributed by atoms with E-state index in [1.54, 1.807) is 48.2 Å². The fourth-order valence-electron chi connectivity index (χ4n) is 2.51. The molecular weight excluding hydrogens is 405 g/mol. The van der Waals surface area contributed by atoms with Crippen molar-refractivity contribution < 1.29 is 9.18 Å². The van der Waals surface area contributed by atoms with Crippen molar-refractivity contribution in [3.8, 4) is 0 Å². The smallest absolute Gasteiger partial charge is 0.258 e. The van der Waals surface area contributed by atoms with Crippen LogP contribution in [0.4, 0.5) is 15.8 Å². The van der Waals surface area contributed by atoms with E-state index in [0.29, 0.717) is 10.8 Å². The van der Waals surface area contributed by atoms with Crippen LogP contribution in [0.1, 0.15) is 10.4 Å². The van der Waals surface area contributed by atoms with Crippen LogP contribution in [0.5, 0.6) is 0 Å². The summed E-state index contributed by atoms with van der Waals surface area (Å²) in [6.45, 7) is 0.738. The number of anilines is 2. The quantitative estimate of drug-likeness (QED) is 0.277. The molecule has 0 radical (unpaired) electrons. The molecule has 4 nitrogen and oxygen atoms in total. The number of amides is 1. The first-order valence-electron chi connectivity index (χ1n) is 9.00. The van der Waals surface area contributed by atoms with E-state index in [9.17, 15) is 9.18 Å². The van der Waals surface area contributed by atoms with Gasteiger partial charge in [0.15, 0.2) is 5.11 Å². The van der Waals surface area contributed by atoms with Crippen LogP contribution >= 0.6 is 24.0 Å². The first-order chi connectivity index (χ1) is 14.1. The van der Waals surface area contributed by atoms with E-state index in [1.807, 2.05) is 18.2 Å². The number of rotatable bonds is 7. The lowest BCUT2D eigenvalue weighted by molar-refractivity contribution is 0.102. The van der Waals surface area contributed by atoms with Gasteiger partial charge in [-0.15, -0.1) is 11.8 Å². The summed E-state index contributed by atoms with van der Waals surface area (Å²) in [4.78, 5) is 13.4. The molecule has 0 atom stereocenters. The van der Waals surface area contributed by atoms with Gasteiger partial charge in [0.1, 0.15) is 5.82 Å². The maximum absolute atomic E-state index is 13.7. The van der Waals surface area contributed by atoms with E-state index in [-0.39, 0.29) is 5.56 Å². The molecule has 1 amide bonds. The van der Waals surface area contributed by atoms with Gasteiger partial charge in [0.25, 0.3) is 5.91 Å². The number of thiocarbonyl (C=S) groups is 1. The van der Waals surface area contributed by atoms with Crippen molar-refractivity contribution >= 4 is 46.4 Å². The van der Waals surface area contributed by atoms with Gasteiger partial charge in [-0.05, 0) is 60.7 Å². The van der Waals surface area contributed by atoms with Gasteiger partial charge in [0.2, 0.25) is 0 Å². The molecule has 148 valence electrons. The van der Waals surface area contributed by atoms with Gasteiger partial charge in [0, 0.05) is 28.6 Å². The molecule has 0 heterocycles. The topological polar surface area (TPSA) is 53.2 Å². The van der Waals surface area contributed by atoms with Gasteiger partial charge in [-0.1, -0.05) is 30.3 Å². The maximum Gasteiger partial charge on any atom is 0.258 e. The molecular formula is C22H20FN3OS2. The summed E-state index contributed by atoms with van der Waals surface area (Å²) in [5.41, 5.74) is 1.37. The van der Waals surface area contributed by atoms with E-state index < -0.39 is 11.7 Å². The van der Waals surface area contributed by atoms with E-state index in [2.05, 4.69) is 28.1 Å². The standard InChI is InChI=1S/C22H20FN3OS2/c23-20-9-5-4-8-19(20)21(27)25-16-10-12-17(13-11-16)26-22(28)24-14-15-29-18-6-2-1-3-7-18/h1-13H,14-15H2,(H,25,27)(H2,24,26,28). The minimum Gasteiger partial charge on any atom is -0.362 e. The van der Waals surface area contributed by atoms with Gasteiger partial charge in [-0.2, -0.15) is 0 Å². The Morgan fingerprint density at radius 3 is 2.17 bits per heavy atom. The Labute approximate surface area is 178 Å². The predicted molar refractivity (Wildman–Crippen MR) is 122 cm³/mol. The fraction of sp³-hybridized carbons (Fsp3) is 0.0909. The van der Waals surface area contributed by atoms with E-state index in [4.69, 9.17) is 12.2 Å². The van der Waals surface area contributed by atoms with Crippen molar-refractivity contribution in [2.24, 2.45) is 0 Å². The number of carbonyl (C=O) groups is 1. The van der Waals surface area contributed by atoms with Crippen LogP contribution in [-0.2, 0) is 0 Å². The minimum atomic E-state index is -0.551. The molecule has 0 spiro atoms. The molecule has 0 bridgehead atoms. The molecule has 7 heteroatoms. The summed E-state index contributed by atoms with van der Waals surface area (Å²) in [6, 6.07) is 23.1. The SMILES string of the molecule is O=C(Nc1ccc(NC(=S)NCCSc2ccccc2)cc1)c1ccccc1F. The molecule has 3 N–H and O–H groups in total. The highest BCUT2D eigenvalue weighted by Gasteiger charge is 2.10. The van der Waals surface area contributed by atoms with E-state index in [1.165, 1.54) is 17.0 Å². The monoisotopic (exact) mass is 425 g/mol. The average Bonchev–Trinajstić information content (AvgIpc) is 2.74. The molecule has 0 aliphatic carbocycles. The highest BCUT2D eigenvalue weighted by atomic mass is 32.2. The Morgan fingerprint density at radius 1 is 0.862 bits per heavy atom. The third-order valence-corrected chi connectivity index (χ3v) is 5.18. The van der Waals surface area contributed by atoms with Crippen LogP contribution in [0, 0.1) is 5.82 Å². The Hall–Kier alpha value is -2.90. The number of thioether (sulfide) groups is 1. The summed E-state index contributed by atoms with van der Waals surface area (Å²) >= 11 is 7.06. The average molecular weight is 426 g/mol. The number of halogens is 1. The Kier molecular flexibility index (Phi) is 7.61. The zero-order chi connectivity index (χ0) is 20.5.